The number of esters is 3. The van der Waals surface area contributed by atoms with Crippen LogP contribution in [0.5, 0.6) is 0 Å². The Balaban J connectivity index is 4.24. The predicted octanol–water partition coefficient (Wildman–Crippen LogP) is 18.9. The van der Waals surface area contributed by atoms with E-state index in [1.807, 2.05) is 0 Å². The van der Waals surface area contributed by atoms with Crippen molar-refractivity contribution in [2.75, 3.05) is 13.2 Å². The lowest BCUT2D eigenvalue weighted by atomic mass is 10.0. The van der Waals surface area contributed by atoms with Gasteiger partial charge in [-0.3, -0.25) is 14.4 Å². The summed E-state index contributed by atoms with van der Waals surface area (Å²) in [5, 5.41) is 0. The van der Waals surface area contributed by atoms with Gasteiger partial charge in [0.15, 0.2) is 6.10 Å². The molecule has 0 rings (SSSR count). The highest BCUT2D eigenvalue weighted by Gasteiger charge is 2.19. The van der Waals surface area contributed by atoms with E-state index in [9.17, 15) is 14.4 Å². The molecule has 0 bridgehead atoms. The predicted molar refractivity (Wildman–Crippen MR) is 275 cm³/mol. The molecule has 6 heteroatoms. The Kier molecular flexibility index (Phi) is 52.2. The summed E-state index contributed by atoms with van der Waals surface area (Å²) in [6, 6.07) is 0. The van der Waals surface area contributed by atoms with Gasteiger partial charge in [0.2, 0.25) is 0 Å². The molecule has 0 N–H and O–H groups in total. The molecule has 1 atom stereocenters. The number of hydrogen-bond donors (Lipinski definition) is 0. The van der Waals surface area contributed by atoms with Crippen LogP contribution < -0.4 is 0 Å². The van der Waals surface area contributed by atoms with Crippen LogP contribution in [0, 0.1) is 0 Å². The van der Waals surface area contributed by atoms with Crippen molar-refractivity contribution < 1.29 is 28.6 Å². The highest BCUT2D eigenvalue weighted by atomic mass is 16.6. The van der Waals surface area contributed by atoms with Crippen LogP contribution in [-0.4, -0.2) is 37.2 Å². The van der Waals surface area contributed by atoms with Gasteiger partial charge in [-0.2, -0.15) is 0 Å². The molecule has 0 spiro atoms. The van der Waals surface area contributed by atoms with Gasteiger partial charge >= 0.3 is 17.9 Å². The van der Waals surface area contributed by atoms with Gasteiger partial charge in [-0.25, -0.2) is 0 Å². The summed E-state index contributed by atoms with van der Waals surface area (Å²) < 4.78 is 16.9. The minimum Gasteiger partial charge on any atom is -0.462 e. The van der Waals surface area contributed by atoms with E-state index in [0.29, 0.717) is 19.3 Å². The molecular formula is C58H110O6. The van der Waals surface area contributed by atoms with E-state index in [0.717, 1.165) is 57.8 Å². The van der Waals surface area contributed by atoms with Crippen molar-refractivity contribution in [2.24, 2.45) is 0 Å². The molecule has 0 heterocycles. The van der Waals surface area contributed by atoms with Crippen molar-refractivity contribution in [2.45, 2.75) is 329 Å². The largest absolute Gasteiger partial charge is 0.462 e. The third kappa shape index (κ3) is 51.1. The van der Waals surface area contributed by atoms with Gasteiger partial charge in [0, 0.05) is 19.3 Å². The maximum Gasteiger partial charge on any atom is 0.306 e. The van der Waals surface area contributed by atoms with Crippen LogP contribution in [0.2, 0.25) is 0 Å². The van der Waals surface area contributed by atoms with Crippen molar-refractivity contribution in [1.82, 2.24) is 0 Å². The molecule has 0 saturated carbocycles. The average Bonchev–Trinajstić information content (AvgIpc) is 3.29. The second-order valence-electron chi connectivity index (χ2n) is 19.6. The number of hydrogen-bond acceptors (Lipinski definition) is 6. The number of unbranched alkanes of at least 4 members (excludes halogenated alkanes) is 40. The average molecular weight is 904 g/mol. The smallest absolute Gasteiger partial charge is 0.306 e. The summed E-state index contributed by atoms with van der Waals surface area (Å²) in [5.74, 6) is -0.843. The zero-order valence-corrected chi connectivity index (χ0v) is 43.3. The zero-order valence-electron chi connectivity index (χ0n) is 43.3. The van der Waals surface area contributed by atoms with E-state index in [4.69, 9.17) is 14.2 Å². The lowest BCUT2D eigenvalue weighted by Crippen LogP contribution is -2.30. The summed E-state index contributed by atoms with van der Waals surface area (Å²) in [5.41, 5.74) is 0. The van der Waals surface area contributed by atoms with Crippen molar-refractivity contribution in [3.63, 3.8) is 0 Å². The third-order valence-corrected chi connectivity index (χ3v) is 13.0. The minimum atomic E-state index is -0.763. The molecule has 0 saturated heterocycles. The minimum absolute atomic E-state index is 0.0641. The van der Waals surface area contributed by atoms with Gasteiger partial charge < -0.3 is 14.2 Å². The molecule has 0 aliphatic heterocycles. The Bertz CT molecular complexity index is 993. The lowest BCUT2D eigenvalue weighted by molar-refractivity contribution is -0.167. The molecule has 0 radical (unpaired) electrons. The number of allylic oxidation sites excluding steroid dienone is 2. The molecule has 378 valence electrons. The third-order valence-electron chi connectivity index (χ3n) is 13.0. The highest BCUT2D eigenvalue weighted by Crippen LogP contribution is 2.17. The lowest BCUT2D eigenvalue weighted by Gasteiger charge is -2.18. The SMILES string of the molecule is CCCCCCCC/C=C\CCCCCCCCCCCCCC(=O)OC[C@H](COC(=O)CCCCCCCCCCCCCC)OC(=O)CCCCCCCCCCCCCCC. The van der Waals surface area contributed by atoms with Crippen LogP contribution >= 0.6 is 0 Å². The van der Waals surface area contributed by atoms with Crippen LogP contribution in [0.1, 0.15) is 323 Å². The quantitative estimate of drug-likeness (QED) is 0.0262. The number of ether oxygens (including phenoxy) is 3. The van der Waals surface area contributed by atoms with Crippen LogP contribution in [0.3, 0.4) is 0 Å². The molecule has 0 aromatic rings. The Morgan fingerprint density at radius 1 is 0.297 bits per heavy atom. The van der Waals surface area contributed by atoms with Gasteiger partial charge in [0.25, 0.3) is 0 Å². The van der Waals surface area contributed by atoms with E-state index in [1.165, 1.54) is 225 Å². The van der Waals surface area contributed by atoms with Gasteiger partial charge in [0.1, 0.15) is 13.2 Å². The van der Waals surface area contributed by atoms with E-state index in [-0.39, 0.29) is 31.1 Å². The Hall–Kier alpha value is -1.85. The second-order valence-corrected chi connectivity index (χ2v) is 19.6. The fraction of sp³-hybridized carbons (Fsp3) is 0.914. The fourth-order valence-corrected chi connectivity index (χ4v) is 8.68. The van der Waals surface area contributed by atoms with Crippen molar-refractivity contribution in [1.29, 1.82) is 0 Å². The summed E-state index contributed by atoms with van der Waals surface area (Å²) in [7, 11) is 0. The maximum atomic E-state index is 12.8. The van der Waals surface area contributed by atoms with E-state index >= 15 is 0 Å². The van der Waals surface area contributed by atoms with Crippen molar-refractivity contribution in [3.8, 4) is 0 Å². The molecule has 64 heavy (non-hydrogen) atoms. The van der Waals surface area contributed by atoms with E-state index in [2.05, 4.69) is 32.9 Å². The topological polar surface area (TPSA) is 78.9 Å². The fourth-order valence-electron chi connectivity index (χ4n) is 8.68. The molecule has 6 nitrogen and oxygen atoms in total. The van der Waals surface area contributed by atoms with E-state index in [1.54, 1.807) is 0 Å². The van der Waals surface area contributed by atoms with Gasteiger partial charge in [-0.05, 0) is 44.9 Å². The van der Waals surface area contributed by atoms with Crippen molar-refractivity contribution >= 4 is 17.9 Å². The second kappa shape index (κ2) is 53.8. The van der Waals surface area contributed by atoms with Gasteiger partial charge in [-0.1, -0.05) is 270 Å². The first-order valence-corrected chi connectivity index (χ1v) is 28.7. The highest BCUT2D eigenvalue weighted by molar-refractivity contribution is 5.71. The van der Waals surface area contributed by atoms with Crippen LogP contribution in [-0.2, 0) is 28.6 Å². The monoisotopic (exact) mass is 903 g/mol. The number of carbonyl (C=O) groups excluding carboxylic acids is 3. The van der Waals surface area contributed by atoms with Gasteiger partial charge in [0.05, 0.1) is 0 Å². The first kappa shape index (κ1) is 62.1. The molecule has 0 fully saturated rings. The van der Waals surface area contributed by atoms with Crippen LogP contribution in [0.4, 0.5) is 0 Å². The summed E-state index contributed by atoms with van der Waals surface area (Å²) in [6.45, 7) is 6.68. The first-order chi connectivity index (χ1) is 31.5. The Morgan fingerprint density at radius 3 is 0.781 bits per heavy atom. The summed E-state index contributed by atoms with van der Waals surface area (Å²) >= 11 is 0. The molecule has 0 aromatic heterocycles. The molecule has 0 aromatic carbocycles. The molecule has 0 aliphatic carbocycles. The number of rotatable bonds is 53. The van der Waals surface area contributed by atoms with Gasteiger partial charge in [-0.15, -0.1) is 0 Å². The maximum absolute atomic E-state index is 12.8. The molecule has 0 amide bonds. The summed E-state index contributed by atoms with van der Waals surface area (Å²) in [6.07, 6.45) is 60.6. The standard InChI is InChI=1S/C58H110O6/c1-4-7-10-13-16-19-22-25-26-27-28-29-30-31-32-34-36-39-42-45-48-51-57(60)63-54-55(53-62-56(59)50-47-44-41-38-35-24-21-18-15-12-9-6-3)64-58(61)52-49-46-43-40-37-33-23-20-17-14-11-8-5-2/h25-26,55H,4-24,27-54H2,1-3H3/b26-25-/t55-/m0/s1. The molecule has 0 unspecified atom stereocenters. The number of carbonyl (C=O) groups is 3. The Morgan fingerprint density at radius 2 is 0.516 bits per heavy atom. The van der Waals surface area contributed by atoms with Crippen LogP contribution in [0.15, 0.2) is 12.2 Å². The molecular weight excluding hydrogens is 793 g/mol. The first-order valence-electron chi connectivity index (χ1n) is 28.7. The van der Waals surface area contributed by atoms with Crippen LogP contribution in [0.25, 0.3) is 0 Å². The van der Waals surface area contributed by atoms with Crippen molar-refractivity contribution in [3.05, 3.63) is 12.2 Å². The van der Waals surface area contributed by atoms with E-state index < -0.39 is 6.10 Å². The molecule has 0 aliphatic rings. The Labute approximate surface area is 399 Å². The zero-order chi connectivity index (χ0) is 46.5. The normalized spacial score (nSPS) is 12.0. The summed E-state index contributed by atoms with van der Waals surface area (Å²) in [4.78, 5) is 38.1.